The third-order valence-electron chi connectivity index (χ3n) is 3.11. The van der Waals surface area contributed by atoms with Gasteiger partial charge in [-0.05, 0) is 42.5 Å². The number of carbonyl (C=O) groups excluding carboxylic acids is 2. The van der Waals surface area contributed by atoms with Crippen LogP contribution in [0.5, 0.6) is 0 Å². The van der Waals surface area contributed by atoms with Crippen molar-refractivity contribution in [3.8, 4) is 0 Å². The van der Waals surface area contributed by atoms with Gasteiger partial charge in [0, 0.05) is 18.2 Å². The zero-order valence-corrected chi connectivity index (χ0v) is 11.2. The van der Waals surface area contributed by atoms with Gasteiger partial charge in [-0.2, -0.15) is 0 Å². The van der Waals surface area contributed by atoms with Crippen molar-refractivity contribution in [1.82, 2.24) is 5.32 Å². The minimum Gasteiger partial charge on any atom is -0.466 e. The van der Waals surface area contributed by atoms with Crippen molar-refractivity contribution in [3.05, 3.63) is 47.3 Å². The molecule has 4 nitrogen and oxygen atoms in total. The molecule has 1 aromatic rings. The molecule has 106 valence electrons. The van der Waals surface area contributed by atoms with Crippen molar-refractivity contribution < 1.29 is 18.7 Å². The van der Waals surface area contributed by atoms with Gasteiger partial charge in [0.15, 0.2) is 0 Å². The molecule has 20 heavy (non-hydrogen) atoms. The first kappa shape index (κ1) is 14.2. The van der Waals surface area contributed by atoms with E-state index in [-0.39, 0.29) is 24.2 Å². The van der Waals surface area contributed by atoms with Crippen molar-refractivity contribution in [1.29, 1.82) is 0 Å². The molecule has 1 aromatic carbocycles. The third-order valence-corrected chi connectivity index (χ3v) is 3.11. The molecule has 1 fully saturated rings. The highest BCUT2D eigenvalue weighted by molar-refractivity contribution is 5.96. The second kappa shape index (κ2) is 6.32. The number of rotatable bonds is 5. The predicted octanol–water partition coefficient (Wildman–Crippen LogP) is 2.16. The van der Waals surface area contributed by atoms with Crippen LogP contribution in [0.1, 0.15) is 34.7 Å². The lowest BCUT2D eigenvalue weighted by atomic mass is 10.0. The molecule has 0 atom stereocenters. The summed E-state index contributed by atoms with van der Waals surface area (Å²) in [7, 11) is 1.28. The van der Waals surface area contributed by atoms with Crippen molar-refractivity contribution in [3.63, 3.8) is 0 Å². The normalized spacial score (nSPS) is 14.3. The van der Waals surface area contributed by atoms with Crippen molar-refractivity contribution >= 4 is 11.9 Å². The van der Waals surface area contributed by atoms with Crippen molar-refractivity contribution in [2.24, 2.45) is 0 Å². The highest BCUT2D eigenvalue weighted by Gasteiger charge is 2.28. The number of ether oxygens (including phenoxy) is 1. The fourth-order valence-electron chi connectivity index (χ4n) is 1.94. The summed E-state index contributed by atoms with van der Waals surface area (Å²) >= 11 is 0. The average Bonchev–Trinajstić information content (AvgIpc) is 3.27. The maximum atomic E-state index is 13.2. The summed E-state index contributed by atoms with van der Waals surface area (Å²) in [5, 5.41) is 2.66. The van der Waals surface area contributed by atoms with E-state index in [2.05, 4.69) is 10.1 Å². The van der Waals surface area contributed by atoms with E-state index < -0.39 is 5.97 Å². The summed E-state index contributed by atoms with van der Waals surface area (Å²) in [6.45, 7) is 0.218. The van der Waals surface area contributed by atoms with Gasteiger partial charge in [-0.1, -0.05) is 6.08 Å². The molecule has 0 unspecified atom stereocenters. The number of hydrogen-bond donors (Lipinski definition) is 1. The molecule has 0 aromatic heterocycles. The number of hydrogen-bond acceptors (Lipinski definition) is 3. The standard InChI is InChI=1S/C15H16FNO3/c1-20-14(18)3-2-8-17-15(19)12-7-6-11(16)9-13(12)10-4-5-10/h2-3,6-7,9-10H,4-5,8H2,1H3,(H,17,19)/b3-2+. The molecule has 0 bridgehead atoms. The molecular formula is C15H16FNO3. The molecule has 1 saturated carbocycles. The van der Waals surface area contributed by atoms with Gasteiger partial charge in [0.25, 0.3) is 5.91 Å². The Labute approximate surface area is 116 Å². The Hall–Kier alpha value is -2.17. The van der Waals surface area contributed by atoms with Crippen LogP contribution < -0.4 is 5.32 Å². The highest BCUT2D eigenvalue weighted by atomic mass is 19.1. The summed E-state index contributed by atoms with van der Waals surface area (Å²) in [5.74, 6) is -0.771. The molecule has 0 aliphatic heterocycles. The first-order chi connectivity index (χ1) is 9.61. The van der Waals surface area contributed by atoms with Gasteiger partial charge in [0.2, 0.25) is 0 Å². The summed E-state index contributed by atoms with van der Waals surface area (Å²) in [5.41, 5.74) is 1.26. The first-order valence-electron chi connectivity index (χ1n) is 6.44. The van der Waals surface area contributed by atoms with Crippen molar-refractivity contribution in [2.45, 2.75) is 18.8 Å². The smallest absolute Gasteiger partial charge is 0.330 e. The van der Waals surface area contributed by atoms with Crippen LogP contribution in [0.4, 0.5) is 4.39 Å². The van der Waals surface area contributed by atoms with Gasteiger partial charge >= 0.3 is 5.97 Å². The molecule has 0 spiro atoms. The molecule has 1 aliphatic carbocycles. The minimum atomic E-state index is -0.472. The Morgan fingerprint density at radius 1 is 1.45 bits per heavy atom. The van der Waals surface area contributed by atoms with E-state index in [4.69, 9.17) is 0 Å². The zero-order chi connectivity index (χ0) is 14.5. The molecule has 2 rings (SSSR count). The summed E-state index contributed by atoms with van der Waals surface area (Å²) in [6.07, 6.45) is 4.73. The topological polar surface area (TPSA) is 55.4 Å². The van der Waals surface area contributed by atoms with E-state index in [0.717, 1.165) is 18.4 Å². The number of amides is 1. The Balaban J connectivity index is 1.99. The van der Waals surface area contributed by atoms with E-state index in [1.807, 2.05) is 0 Å². The molecule has 1 aliphatic rings. The highest BCUT2D eigenvalue weighted by Crippen LogP contribution is 2.41. The number of nitrogens with one attached hydrogen (secondary N) is 1. The maximum Gasteiger partial charge on any atom is 0.330 e. The largest absolute Gasteiger partial charge is 0.466 e. The Morgan fingerprint density at radius 3 is 2.85 bits per heavy atom. The molecule has 5 heteroatoms. The second-order valence-electron chi connectivity index (χ2n) is 4.64. The number of benzene rings is 1. The van der Waals surface area contributed by atoms with Gasteiger partial charge < -0.3 is 10.1 Å². The Kier molecular flexibility index (Phi) is 4.50. The van der Waals surface area contributed by atoms with E-state index in [1.165, 1.54) is 37.5 Å². The lowest BCUT2D eigenvalue weighted by Gasteiger charge is -2.08. The molecule has 1 N–H and O–H groups in total. The van der Waals surface area contributed by atoms with E-state index in [0.29, 0.717) is 5.56 Å². The molecule has 1 amide bonds. The third kappa shape index (κ3) is 3.66. The molecule has 0 saturated heterocycles. The van der Waals surface area contributed by atoms with Crippen LogP contribution in [0.25, 0.3) is 0 Å². The van der Waals surface area contributed by atoms with Gasteiger partial charge in [-0.15, -0.1) is 0 Å². The lowest BCUT2D eigenvalue weighted by Crippen LogP contribution is -2.24. The summed E-state index contributed by atoms with van der Waals surface area (Å²) in [6, 6.07) is 4.21. The molecule has 0 radical (unpaired) electrons. The van der Waals surface area contributed by atoms with Crippen LogP contribution in [0.2, 0.25) is 0 Å². The first-order valence-corrected chi connectivity index (χ1v) is 6.44. The maximum absolute atomic E-state index is 13.2. The number of esters is 1. The van der Waals surface area contributed by atoms with Crippen LogP contribution in [-0.2, 0) is 9.53 Å². The Bertz CT molecular complexity index is 550. The SMILES string of the molecule is COC(=O)/C=C/CNC(=O)c1ccc(F)cc1C1CC1. The fourth-order valence-corrected chi connectivity index (χ4v) is 1.94. The van der Waals surface area contributed by atoms with Crippen LogP contribution >= 0.6 is 0 Å². The summed E-state index contributed by atoms with van der Waals surface area (Å²) in [4.78, 5) is 22.9. The number of halogens is 1. The number of carbonyl (C=O) groups is 2. The zero-order valence-electron chi connectivity index (χ0n) is 11.2. The van der Waals surface area contributed by atoms with Gasteiger partial charge in [-0.3, -0.25) is 4.79 Å². The molecule has 0 heterocycles. The molecular weight excluding hydrogens is 261 g/mol. The van der Waals surface area contributed by atoms with Crippen molar-refractivity contribution in [2.75, 3.05) is 13.7 Å². The Morgan fingerprint density at radius 2 is 2.20 bits per heavy atom. The van der Waals surface area contributed by atoms with Crippen LogP contribution in [0.15, 0.2) is 30.4 Å². The van der Waals surface area contributed by atoms with E-state index in [1.54, 1.807) is 0 Å². The van der Waals surface area contributed by atoms with Crippen LogP contribution in [-0.4, -0.2) is 25.5 Å². The van der Waals surface area contributed by atoms with E-state index in [9.17, 15) is 14.0 Å². The second-order valence-corrected chi connectivity index (χ2v) is 4.64. The quantitative estimate of drug-likeness (QED) is 0.663. The predicted molar refractivity (Wildman–Crippen MR) is 71.9 cm³/mol. The minimum absolute atomic E-state index is 0.218. The lowest BCUT2D eigenvalue weighted by molar-refractivity contribution is -0.134. The average molecular weight is 277 g/mol. The van der Waals surface area contributed by atoms with Crippen LogP contribution in [0.3, 0.4) is 0 Å². The fraction of sp³-hybridized carbons (Fsp3) is 0.333. The van der Waals surface area contributed by atoms with Gasteiger partial charge in [0.1, 0.15) is 5.82 Å². The van der Waals surface area contributed by atoms with Gasteiger partial charge in [-0.25, -0.2) is 9.18 Å². The monoisotopic (exact) mass is 277 g/mol. The van der Waals surface area contributed by atoms with Crippen LogP contribution in [0, 0.1) is 5.82 Å². The van der Waals surface area contributed by atoms with Gasteiger partial charge in [0.05, 0.1) is 7.11 Å². The van der Waals surface area contributed by atoms with E-state index >= 15 is 0 Å². The summed E-state index contributed by atoms with van der Waals surface area (Å²) < 4.78 is 17.7. The number of methoxy groups -OCH3 is 1.